The number of thioether (sulfide) groups is 2. The molecule has 1 atom stereocenters. The fourth-order valence-corrected chi connectivity index (χ4v) is 5.84. The summed E-state index contributed by atoms with van der Waals surface area (Å²) in [6.07, 6.45) is 6.81. The number of amides is 2. The van der Waals surface area contributed by atoms with E-state index in [4.69, 9.17) is 4.99 Å². The molecule has 3 heterocycles. The van der Waals surface area contributed by atoms with E-state index in [9.17, 15) is 9.59 Å². The van der Waals surface area contributed by atoms with Gasteiger partial charge in [0.15, 0.2) is 0 Å². The predicted octanol–water partition coefficient (Wildman–Crippen LogP) is 3.95. The van der Waals surface area contributed by atoms with Gasteiger partial charge in [0.25, 0.3) is 5.91 Å². The molecule has 5 rings (SSSR count). The molecule has 0 saturated heterocycles. The highest BCUT2D eigenvalue weighted by atomic mass is 32.2. The molecular formula is C22H23N5O2S2. The zero-order valence-corrected chi connectivity index (χ0v) is 19.1. The van der Waals surface area contributed by atoms with Gasteiger partial charge in [-0.25, -0.2) is 15.0 Å². The van der Waals surface area contributed by atoms with Crippen LogP contribution in [0.4, 0.5) is 0 Å². The number of allylic oxidation sites excluding steroid dienone is 1. The number of benzene rings is 1. The van der Waals surface area contributed by atoms with E-state index in [1.54, 1.807) is 43.9 Å². The molecule has 0 saturated carbocycles. The zero-order chi connectivity index (χ0) is 21.8. The second kappa shape index (κ2) is 9.74. The van der Waals surface area contributed by atoms with Crippen molar-refractivity contribution in [2.24, 2.45) is 15.9 Å². The van der Waals surface area contributed by atoms with Crippen LogP contribution in [0.5, 0.6) is 0 Å². The molecule has 7 nitrogen and oxygen atoms in total. The van der Waals surface area contributed by atoms with E-state index < -0.39 is 0 Å². The molecule has 1 aliphatic carbocycles. The van der Waals surface area contributed by atoms with Crippen molar-refractivity contribution in [2.45, 2.75) is 30.7 Å². The van der Waals surface area contributed by atoms with Crippen molar-refractivity contribution in [1.82, 2.24) is 14.9 Å². The number of carbonyl (C=O) groups is 2. The molecule has 1 aromatic carbocycles. The number of rotatable bonds is 4. The highest BCUT2D eigenvalue weighted by Crippen LogP contribution is 2.47. The van der Waals surface area contributed by atoms with E-state index in [2.05, 4.69) is 15.0 Å². The number of carbonyl (C=O) groups excluding carboxylic acids is 2. The number of aliphatic imine (C=N–C) groups is 2. The van der Waals surface area contributed by atoms with Crippen LogP contribution in [-0.4, -0.2) is 57.9 Å². The molecule has 2 amide bonds. The fourth-order valence-electron chi connectivity index (χ4n) is 3.64. The molecule has 3 aliphatic rings. The van der Waals surface area contributed by atoms with Crippen LogP contribution in [0.25, 0.3) is 10.9 Å². The van der Waals surface area contributed by atoms with Crippen molar-refractivity contribution < 1.29 is 9.59 Å². The first-order valence-electron chi connectivity index (χ1n) is 10.1. The second-order valence-corrected chi connectivity index (χ2v) is 9.64. The van der Waals surface area contributed by atoms with Crippen LogP contribution >= 0.6 is 23.5 Å². The van der Waals surface area contributed by atoms with Gasteiger partial charge in [-0.1, -0.05) is 41.7 Å². The number of nitrogens with zero attached hydrogens (tertiary/aromatic N) is 5. The van der Waals surface area contributed by atoms with Crippen molar-refractivity contribution in [3.8, 4) is 0 Å². The molecule has 0 bridgehead atoms. The van der Waals surface area contributed by atoms with Crippen molar-refractivity contribution >= 4 is 57.6 Å². The number of hydrogen-bond donors (Lipinski definition) is 0. The van der Waals surface area contributed by atoms with E-state index in [1.807, 2.05) is 24.3 Å². The van der Waals surface area contributed by atoms with Crippen molar-refractivity contribution in [2.75, 3.05) is 19.8 Å². The molecule has 160 valence electrons. The Labute approximate surface area is 189 Å². The Kier molecular flexibility index (Phi) is 6.82. The smallest absolute Gasteiger partial charge is 0.261 e. The summed E-state index contributed by atoms with van der Waals surface area (Å²) < 4.78 is 0. The van der Waals surface area contributed by atoms with Crippen molar-refractivity contribution in [1.29, 1.82) is 0 Å². The van der Waals surface area contributed by atoms with Gasteiger partial charge in [-0.3, -0.25) is 9.59 Å². The van der Waals surface area contributed by atoms with Crippen LogP contribution < -0.4 is 0 Å². The number of hydrogen-bond acceptors (Lipinski definition) is 7. The number of amidine groups is 1. The normalized spacial score (nSPS) is 19.7. The fraction of sp³-hybridized carbons (Fsp3) is 0.364. The Morgan fingerprint density at radius 2 is 1.94 bits per heavy atom. The van der Waals surface area contributed by atoms with Gasteiger partial charge in [0.05, 0.1) is 16.3 Å². The number of aromatic nitrogens is 2. The third kappa shape index (κ3) is 4.88. The van der Waals surface area contributed by atoms with Gasteiger partial charge in [-0.15, -0.1) is 0 Å². The Bertz CT molecular complexity index is 1100. The largest absolute Gasteiger partial charge is 0.351 e. The molecule has 0 N–H and O–H groups in total. The van der Waals surface area contributed by atoms with Gasteiger partial charge in [-0.05, 0) is 42.2 Å². The average Bonchev–Trinajstić information content (AvgIpc) is 3.17. The standard InChI is InChI=1S/C19H16N4OS2.C3H7NO/c24-17-16-12-6-2-4-8-14(12)26-19(16)23-15(22-17)9-25-18-11-5-1-3-7-13(11)20-10-21-18;1-4(2)3-5/h1,3,5,7,10,16H,2,4,6,8-9H2;3H,1-2H3. The average molecular weight is 454 g/mol. The number of fused-ring (bicyclic) bond motifs is 3. The minimum atomic E-state index is -0.191. The lowest BCUT2D eigenvalue weighted by molar-refractivity contribution is -0.119. The molecule has 1 aromatic heterocycles. The second-order valence-electron chi connectivity index (χ2n) is 7.56. The lowest BCUT2D eigenvalue weighted by Gasteiger charge is -2.18. The molecule has 2 aromatic rings. The SMILES string of the molecule is CN(C)C=O.O=C1N=C(CSc2ncnc3ccccc23)N=C2SC3=C(CCCC3)C12. The van der Waals surface area contributed by atoms with Gasteiger partial charge >= 0.3 is 0 Å². The van der Waals surface area contributed by atoms with E-state index >= 15 is 0 Å². The highest BCUT2D eigenvalue weighted by Gasteiger charge is 2.40. The first-order chi connectivity index (χ1) is 15.1. The lowest BCUT2D eigenvalue weighted by Crippen LogP contribution is -2.26. The molecule has 0 fully saturated rings. The molecule has 31 heavy (non-hydrogen) atoms. The Hall–Kier alpha value is -2.52. The van der Waals surface area contributed by atoms with E-state index in [-0.39, 0.29) is 11.8 Å². The minimum Gasteiger partial charge on any atom is -0.351 e. The third-order valence-corrected chi connectivity index (χ3v) is 7.31. The molecule has 0 radical (unpaired) electrons. The summed E-state index contributed by atoms with van der Waals surface area (Å²) in [6.45, 7) is 0. The summed E-state index contributed by atoms with van der Waals surface area (Å²) in [5, 5.41) is 2.84. The third-order valence-electron chi connectivity index (χ3n) is 5.06. The first-order valence-corrected chi connectivity index (χ1v) is 11.9. The Morgan fingerprint density at radius 1 is 1.16 bits per heavy atom. The van der Waals surface area contributed by atoms with Crippen LogP contribution in [0.3, 0.4) is 0 Å². The summed E-state index contributed by atoms with van der Waals surface area (Å²) in [4.78, 5) is 42.5. The topological polar surface area (TPSA) is 87.9 Å². The number of para-hydroxylation sites is 1. The molecule has 2 aliphatic heterocycles. The van der Waals surface area contributed by atoms with Crippen LogP contribution in [0.15, 0.2) is 56.1 Å². The summed E-state index contributed by atoms with van der Waals surface area (Å²) in [5.74, 6) is 0.900. The molecule has 9 heteroatoms. The Morgan fingerprint density at radius 3 is 2.74 bits per heavy atom. The van der Waals surface area contributed by atoms with Gasteiger partial charge in [0, 0.05) is 19.5 Å². The summed E-state index contributed by atoms with van der Waals surface area (Å²) in [6, 6.07) is 7.93. The van der Waals surface area contributed by atoms with Gasteiger partial charge in [-0.2, -0.15) is 4.99 Å². The van der Waals surface area contributed by atoms with Crippen molar-refractivity contribution in [3.05, 3.63) is 41.1 Å². The minimum absolute atomic E-state index is 0.0439. The predicted molar refractivity (Wildman–Crippen MR) is 126 cm³/mol. The van der Waals surface area contributed by atoms with Crippen molar-refractivity contribution in [3.63, 3.8) is 0 Å². The van der Waals surface area contributed by atoms with Crippen LogP contribution in [-0.2, 0) is 9.59 Å². The van der Waals surface area contributed by atoms with Gasteiger partial charge < -0.3 is 4.90 Å². The van der Waals surface area contributed by atoms with E-state index in [0.29, 0.717) is 11.6 Å². The van der Waals surface area contributed by atoms with Crippen LogP contribution in [0.2, 0.25) is 0 Å². The molecule has 0 spiro atoms. The maximum Gasteiger partial charge on any atom is 0.261 e. The zero-order valence-electron chi connectivity index (χ0n) is 17.4. The quantitative estimate of drug-likeness (QED) is 0.396. The van der Waals surface area contributed by atoms with Gasteiger partial charge in [0.2, 0.25) is 6.41 Å². The highest BCUT2D eigenvalue weighted by molar-refractivity contribution is 8.17. The van der Waals surface area contributed by atoms with E-state index in [1.165, 1.54) is 28.2 Å². The summed E-state index contributed by atoms with van der Waals surface area (Å²) in [5.41, 5.74) is 2.20. The summed E-state index contributed by atoms with van der Waals surface area (Å²) in [7, 11) is 3.38. The summed E-state index contributed by atoms with van der Waals surface area (Å²) >= 11 is 3.26. The van der Waals surface area contributed by atoms with E-state index in [0.717, 1.165) is 40.2 Å². The van der Waals surface area contributed by atoms with Gasteiger partial charge in [0.1, 0.15) is 23.1 Å². The maximum atomic E-state index is 12.6. The molecule has 1 unspecified atom stereocenters. The first kappa shape index (κ1) is 21.7. The Balaban J connectivity index is 0.000000418. The van der Waals surface area contributed by atoms with Crippen LogP contribution in [0, 0.1) is 5.92 Å². The molecular weight excluding hydrogens is 430 g/mol. The maximum absolute atomic E-state index is 12.6. The lowest BCUT2D eigenvalue weighted by atomic mass is 9.89. The monoisotopic (exact) mass is 453 g/mol. The van der Waals surface area contributed by atoms with Crippen LogP contribution in [0.1, 0.15) is 25.7 Å².